The summed E-state index contributed by atoms with van der Waals surface area (Å²) >= 11 is 0. The van der Waals surface area contributed by atoms with Gasteiger partial charge in [-0.25, -0.2) is 12.7 Å². The van der Waals surface area contributed by atoms with E-state index >= 15 is 0 Å². The van der Waals surface area contributed by atoms with Gasteiger partial charge in [-0.2, -0.15) is 0 Å². The predicted molar refractivity (Wildman–Crippen MR) is 77.0 cm³/mol. The summed E-state index contributed by atoms with van der Waals surface area (Å²) in [4.78, 5) is 23.1. The van der Waals surface area contributed by atoms with Crippen LogP contribution in [0.25, 0.3) is 0 Å². The molecule has 0 bridgehead atoms. The van der Waals surface area contributed by atoms with Crippen LogP contribution in [0.5, 0.6) is 0 Å². The van der Waals surface area contributed by atoms with E-state index in [2.05, 4.69) is 16.0 Å². The van der Waals surface area contributed by atoms with Gasteiger partial charge in [0.15, 0.2) is 0 Å². The number of rotatable bonds is 4. The fraction of sp³-hybridized carbons (Fsp3) is 0.833. The van der Waals surface area contributed by atoms with Gasteiger partial charge < -0.3 is 10.6 Å². The Morgan fingerprint density at radius 1 is 1.38 bits per heavy atom. The maximum Gasteiger partial charge on any atom is 0.239 e. The van der Waals surface area contributed by atoms with E-state index in [0.717, 1.165) is 0 Å². The fourth-order valence-corrected chi connectivity index (χ4v) is 3.65. The van der Waals surface area contributed by atoms with E-state index in [1.807, 2.05) is 0 Å². The quantitative estimate of drug-likeness (QED) is 0.556. The highest BCUT2D eigenvalue weighted by atomic mass is 32.2. The minimum absolute atomic E-state index is 0.0137. The fourth-order valence-electron chi connectivity index (χ4n) is 2.51. The van der Waals surface area contributed by atoms with Gasteiger partial charge in [0.1, 0.15) is 6.04 Å². The summed E-state index contributed by atoms with van der Waals surface area (Å²) < 4.78 is 25.0. The zero-order chi connectivity index (χ0) is 15.5. The molecule has 2 fully saturated rings. The molecule has 2 aliphatic rings. The summed E-state index contributed by atoms with van der Waals surface area (Å²) in [6.45, 7) is 2.94. The van der Waals surface area contributed by atoms with Crippen molar-refractivity contribution in [2.24, 2.45) is 0 Å². The largest absolute Gasteiger partial charge is 0.353 e. The zero-order valence-corrected chi connectivity index (χ0v) is 12.9. The van der Waals surface area contributed by atoms with Gasteiger partial charge >= 0.3 is 0 Å². The SMILES string of the molecule is CCS(=O)(=O)N1CCC(NC(=O)C2CNC(=O)CN2)CC1. The van der Waals surface area contributed by atoms with Crippen molar-refractivity contribution in [3.63, 3.8) is 0 Å². The van der Waals surface area contributed by atoms with Crippen molar-refractivity contribution >= 4 is 21.8 Å². The second-order valence-corrected chi connectivity index (χ2v) is 7.58. The maximum atomic E-state index is 12.1. The van der Waals surface area contributed by atoms with Crippen LogP contribution in [-0.4, -0.2) is 68.6 Å². The lowest BCUT2D eigenvalue weighted by Crippen LogP contribution is -2.59. The first-order chi connectivity index (χ1) is 9.92. The molecule has 2 aliphatic heterocycles. The van der Waals surface area contributed by atoms with Crippen LogP contribution >= 0.6 is 0 Å². The number of hydrogen-bond donors (Lipinski definition) is 3. The van der Waals surface area contributed by atoms with Crippen LogP contribution in [0.1, 0.15) is 19.8 Å². The van der Waals surface area contributed by atoms with Crippen LogP contribution in [0, 0.1) is 0 Å². The Hall–Kier alpha value is -1.19. The molecule has 120 valence electrons. The Morgan fingerprint density at radius 3 is 2.57 bits per heavy atom. The van der Waals surface area contributed by atoms with Crippen LogP contribution in [0.3, 0.4) is 0 Å². The van der Waals surface area contributed by atoms with E-state index in [1.165, 1.54) is 4.31 Å². The highest BCUT2D eigenvalue weighted by Gasteiger charge is 2.30. The molecule has 2 rings (SSSR count). The van der Waals surface area contributed by atoms with Crippen molar-refractivity contribution in [3.05, 3.63) is 0 Å². The standard InChI is InChI=1S/C12H22N4O4S/c1-2-21(19,20)16-5-3-9(4-6-16)15-12(18)10-7-14-11(17)8-13-10/h9-10,13H,2-8H2,1H3,(H,14,17)(H,15,18). The molecule has 0 saturated carbocycles. The first-order valence-electron chi connectivity index (χ1n) is 7.20. The Labute approximate surface area is 124 Å². The molecule has 8 nitrogen and oxygen atoms in total. The van der Waals surface area contributed by atoms with Crippen LogP contribution < -0.4 is 16.0 Å². The summed E-state index contributed by atoms with van der Waals surface area (Å²) in [5, 5.41) is 8.42. The molecule has 1 unspecified atom stereocenters. The topological polar surface area (TPSA) is 108 Å². The Kier molecular flexibility index (Phi) is 5.17. The molecule has 0 aliphatic carbocycles. The van der Waals surface area contributed by atoms with Crippen LogP contribution in [0.4, 0.5) is 0 Å². The summed E-state index contributed by atoms with van der Waals surface area (Å²) in [7, 11) is -3.14. The first-order valence-corrected chi connectivity index (χ1v) is 8.81. The minimum Gasteiger partial charge on any atom is -0.353 e. The van der Waals surface area contributed by atoms with Gasteiger partial charge in [-0.15, -0.1) is 0 Å². The van der Waals surface area contributed by atoms with Gasteiger partial charge in [-0.1, -0.05) is 0 Å². The number of amides is 2. The molecule has 0 aromatic carbocycles. The van der Waals surface area contributed by atoms with E-state index in [0.29, 0.717) is 25.9 Å². The van der Waals surface area contributed by atoms with Crippen LogP contribution in [0.15, 0.2) is 0 Å². The molecule has 0 spiro atoms. The predicted octanol–water partition coefficient (Wildman–Crippen LogP) is -2.00. The van der Waals surface area contributed by atoms with Gasteiger partial charge in [0.05, 0.1) is 12.3 Å². The Bertz CT molecular complexity index is 489. The van der Waals surface area contributed by atoms with Crippen LogP contribution in [0.2, 0.25) is 0 Å². The van der Waals surface area contributed by atoms with Crippen molar-refractivity contribution in [1.82, 2.24) is 20.3 Å². The van der Waals surface area contributed by atoms with Gasteiger partial charge in [0.25, 0.3) is 0 Å². The third-order valence-corrected chi connectivity index (χ3v) is 5.77. The monoisotopic (exact) mass is 318 g/mol. The van der Waals surface area contributed by atoms with E-state index in [9.17, 15) is 18.0 Å². The van der Waals surface area contributed by atoms with Gasteiger partial charge in [0, 0.05) is 25.7 Å². The molecule has 21 heavy (non-hydrogen) atoms. The molecule has 2 amide bonds. The molecule has 0 radical (unpaired) electrons. The van der Waals surface area contributed by atoms with E-state index in [1.54, 1.807) is 6.92 Å². The number of piperazine rings is 1. The normalized spacial score (nSPS) is 25.4. The number of hydrogen-bond acceptors (Lipinski definition) is 5. The van der Waals surface area contributed by atoms with E-state index in [-0.39, 0.29) is 36.7 Å². The molecule has 3 N–H and O–H groups in total. The van der Waals surface area contributed by atoms with Gasteiger partial charge in [-0.05, 0) is 19.8 Å². The molecule has 2 saturated heterocycles. The number of nitrogens with zero attached hydrogens (tertiary/aromatic N) is 1. The average Bonchev–Trinajstić information content (AvgIpc) is 2.48. The number of carbonyl (C=O) groups is 2. The Morgan fingerprint density at radius 2 is 2.05 bits per heavy atom. The summed E-state index contributed by atoms with van der Waals surface area (Å²) in [5.74, 6) is -0.153. The molecular weight excluding hydrogens is 296 g/mol. The number of carbonyl (C=O) groups excluding carboxylic acids is 2. The second kappa shape index (κ2) is 6.71. The van der Waals surface area contributed by atoms with Crippen LogP contribution in [-0.2, 0) is 19.6 Å². The highest BCUT2D eigenvalue weighted by molar-refractivity contribution is 7.89. The number of piperidine rings is 1. The molecule has 0 aromatic heterocycles. The van der Waals surface area contributed by atoms with Crippen molar-refractivity contribution in [3.8, 4) is 0 Å². The first kappa shape index (κ1) is 16.2. The van der Waals surface area contributed by atoms with Gasteiger partial charge in [-0.3, -0.25) is 14.9 Å². The maximum absolute atomic E-state index is 12.1. The number of nitrogens with one attached hydrogen (secondary N) is 3. The average molecular weight is 318 g/mol. The van der Waals surface area contributed by atoms with Crippen molar-refractivity contribution in [2.75, 3.05) is 31.9 Å². The highest BCUT2D eigenvalue weighted by Crippen LogP contribution is 2.14. The van der Waals surface area contributed by atoms with E-state index in [4.69, 9.17) is 0 Å². The lowest BCUT2D eigenvalue weighted by Gasteiger charge is -2.32. The molecule has 9 heteroatoms. The molecule has 2 heterocycles. The summed E-state index contributed by atoms with van der Waals surface area (Å²) in [6, 6.07) is -0.430. The summed E-state index contributed by atoms with van der Waals surface area (Å²) in [6.07, 6.45) is 1.23. The van der Waals surface area contributed by atoms with Crippen molar-refractivity contribution in [1.29, 1.82) is 0 Å². The van der Waals surface area contributed by atoms with Gasteiger partial charge in [0.2, 0.25) is 21.8 Å². The zero-order valence-electron chi connectivity index (χ0n) is 12.1. The van der Waals surface area contributed by atoms with Crippen molar-refractivity contribution < 1.29 is 18.0 Å². The second-order valence-electron chi connectivity index (χ2n) is 5.32. The lowest BCUT2D eigenvalue weighted by molar-refractivity contribution is -0.127. The molecule has 0 aromatic rings. The molecule has 1 atom stereocenters. The summed E-state index contributed by atoms with van der Waals surface area (Å²) in [5.41, 5.74) is 0. The minimum atomic E-state index is -3.14. The third-order valence-electron chi connectivity index (χ3n) is 3.89. The third kappa shape index (κ3) is 4.14. The lowest BCUT2D eigenvalue weighted by atomic mass is 10.1. The molecular formula is C12H22N4O4S. The number of sulfonamides is 1. The van der Waals surface area contributed by atoms with E-state index < -0.39 is 16.1 Å². The Balaban J connectivity index is 1.78. The smallest absolute Gasteiger partial charge is 0.239 e. The van der Waals surface area contributed by atoms with Crippen molar-refractivity contribution in [2.45, 2.75) is 31.8 Å².